The van der Waals surface area contributed by atoms with Crippen molar-refractivity contribution < 1.29 is 14.3 Å². The second-order valence-electron chi connectivity index (χ2n) is 6.14. The van der Waals surface area contributed by atoms with Gasteiger partial charge in [0, 0.05) is 24.7 Å². The number of hydrogen-bond donors (Lipinski definition) is 3. The van der Waals surface area contributed by atoms with Gasteiger partial charge in [-0.2, -0.15) is 5.10 Å². The van der Waals surface area contributed by atoms with Crippen LogP contribution in [0.5, 0.6) is 5.88 Å². The molecular weight excluding hydrogens is 334 g/mol. The summed E-state index contributed by atoms with van der Waals surface area (Å²) in [4.78, 5) is 28.7. The van der Waals surface area contributed by atoms with E-state index in [9.17, 15) is 9.59 Å². The third-order valence-electron chi connectivity index (χ3n) is 4.12. The number of ketones is 1. The minimum Gasteiger partial charge on any atom is -0.476 e. The number of nitrogens with one attached hydrogen (secondary N) is 3. The predicted molar refractivity (Wildman–Crippen MR) is 96.7 cm³/mol. The quantitative estimate of drug-likeness (QED) is 0.623. The molecule has 26 heavy (non-hydrogen) atoms. The van der Waals surface area contributed by atoms with Crippen LogP contribution in [-0.2, 0) is 6.42 Å². The molecule has 0 bridgehead atoms. The van der Waals surface area contributed by atoms with Gasteiger partial charge >= 0.3 is 0 Å². The molecule has 0 unspecified atom stereocenters. The van der Waals surface area contributed by atoms with Crippen LogP contribution in [0.3, 0.4) is 0 Å². The molecule has 8 nitrogen and oxygen atoms in total. The molecule has 0 aromatic carbocycles. The third kappa shape index (κ3) is 4.26. The number of aromatic amines is 1. The lowest BCUT2D eigenvalue weighted by Crippen LogP contribution is -2.21. The Labute approximate surface area is 151 Å². The van der Waals surface area contributed by atoms with Gasteiger partial charge in [-0.3, -0.25) is 14.7 Å². The fraction of sp³-hybridized carbons (Fsp3) is 0.444. The molecule has 0 fully saturated rings. The van der Waals surface area contributed by atoms with E-state index < -0.39 is 5.91 Å². The summed E-state index contributed by atoms with van der Waals surface area (Å²) < 4.78 is 5.52. The Balaban J connectivity index is 1.57. The highest BCUT2D eigenvalue weighted by Crippen LogP contribution is 2.23. The van der Waals surface area contributed by atoms with E-state index in [0.717, 1.165) is 38.0 Å². The molecule has 1 aliphatic rings. The van der Waals surface area contributed by atoms with Crippen LogP contribution in [0.15, 0.2) is 18.3 Å². The van der Waals surface area contributed by atoms with Crippen LogP contribution in [-0.4, -0.2) is 46.6 Å². The van der Waals surface area contributed by atoms with Crippen LogP contribution in [0.2, 0.25) is 0 Å². The van der Waals surface area contributed by atoms with E-state index in [1.165, 1.54) is 6.20 Å². The highest BCUT2D eigenvalue weighted by Gasteiger charge is 2.27. The van der Waals surface area contributed by atoms with E-state index in [1.807, 2.05) is 0 Å². The van der Waals surface area contributed by atoms with Crippen LogP contribution in [0, 0.1) is 0 Å². The molecule has 1 aliphatic carbocycles. The van der Waals surface area contributed by atoms with Gasteiger partial charge in [0.25, 0.3) is 5.91 Å². The number of carbonyl (C=O) groups excluding carboxylic acids is 2. The van der Waals surface area contributed by atoms with Crippen molar-refractivity contribution in [1.82, 2.24) is 20.5 Å². The molecular formula is C18H23N5O3. The first-order valence-electron chi connectivity index (χ1n) is 8.90. The molecule has 0 atom stereocenters. The number of Topliss-reactive ketones (excluding diaryl/α,β-unsaturated/α-hetero) is 1. The number of pyridine rings is 1. The van der Waals surface area contributed by atoms with E-state index in [0.29, 0.717) is 30.2 Å². The molecule has 0 saturated heterocycles. The molecule has 3 N–H and O–H groups in total. The lowest BCUT2D eigenvalue weighted by molar-refractivity contribution is 0.0955. The van der Waals surface area contributed by atoms with Crippen LogP contribution in [0.4, 0.5) is 5.69 Å². The summed E-state index contributed by atoms with van der Waals surface area (Å²) in [6.45, 7) is 4.35. The van der Waals surface area contributed by atoms with Crippen molar-refractivity contribution in [2.75, 3.05) is 25.0 Å². The van der Waals surface area contributed by atoms with Gasteiger partial charge in [0.05, 0.1) is 17.4 Å². The lowest BCUT2D eigenvalue weighted by Gasteiger charge is -2.10. The molecule has 0 spiro atoms. The van der Waals surface area contributed by atoms with E-state index in [1.54, 1.807) is 12.1 Å². The number of amides is 1. The van der Waals surface area contributed by atoms with Crippen LogP contribution >= 0.6 is 0 Å². The first kappa shape index (κ1) is 18.1. The van der Waals surface area contributed by atoms with Crippen molar-refractivity contribution in [3.05, 3.63) is 35.3 Å². The molecule has 0 saturated carbocycles. The Morgan fingerprint density at radius 2 is 2.19 bits per heavy atom. The first-order valence-corrected chi connectivity index (χ1v) is 8.90. The highest BCUT2D eigenvalue weighted by atomic mass is 16.5. The Kier molecular flexibility index (Phi) is 5.96. The number of anilines is 1. The van der Waals surface area contributed by atoms with E-state index in [4.69, 9.17) is 4.74 Å². The number of nitrogens with zero attached hydrogens (tertiary/aromatic N) is 2. The van der Waals surface area contributed by atoms with Gasteiger partial charge in [-0.15, -0.1) is 0 Å². The molecule has 0 aliphatic heterocycles. The summed E-state index contributed by atoms with van der Waals surface area (Å²) in [6.07, 6.45) is 4.58. The first-order chi connectivity index (χ1) is 12.7. The van der Waals surface area contributed by atoms with Crippen molar-refractivity contribution in [2.24, 2.45) is 0 Å². The Morgan fingerprint density at radius 3 is 2.96 bits per heavy atom. The number of H-pyrrole nitrogens is 1. The zero-order chi connectivity index (χ0) is 18.4. The molecule has 2 aromatic rings. The predicted octanol–water partition coefficient (Wildman–Crippen LogP) is 1.95. The highest BCUT2D eigenvalue weighted by molar-refractivity contribution is 6.12. The fourth-order valence-electron chi connectivity index (χ4n) is 2.83. The molecule has 3 rings (SSSR count). The summed E-state index contributed by atoms with van der Waals surface area (Å²) in [5.74, 6) is 0.0364. The summed E-state index contributed by atoms with van der Waals surface area (Å²) in [7, 11) is 0. The van der Waals surface area contributed by atoms with E-state index in [2.05, 4.69) is 32.7 Å². The number of aryl methyl sites for hydroxylation is 1. The minimum atomic E-state index is -0.419. The molecule has 2 heterocycles. The second kappa shape index (κ2) is 8.57. The molecule has 1 amide bonds. The van der Waals surface area contributed by atoms with Gasteiger partial charge in [-0.25, -0.2) is 4.98 Å². The topological polar surface area (TPSA) is 109 Å². The minimum absolute atomic E-state index is 0.0382. The summed E-state index contributed by atoms with van der Waals surface area (Å²) in [5, 5.41) is 12.8. The van der Waals surface area contributed by atoms with Crippen molar-refractivity contribution in [1.29, 1.82) is 0 Å². The van der Waals surface area contributed by atoms with E-state index in [-0.39, 0.29) is 11.5 Å². The molecule has 0 radical (unpaired) electrons. The SMILES string of the molecule is CCCNCCOc1ccc(NC(=O)c2n[nH]c3c2C(=O)CCC3)cn1. The van der Waals surface area contributed by atoms with Gasteiger partial charge < -0.3 is 15.4 Å². The Hall–Kier alpha value is -2.74. The monoisotopic (exact) mass is 357 g/mol. The molecule has 2 aromatic heterocycles. The zero-order valence-corrected chi connectivity index (χ0v) is 14.8. The number of aromatic nitrogens is 3. The van der Waals surface area contributed by atoms with Crippen LogP contribution in [0.1, 0.15) is 52.7 Å². The average Bonchev–Trinajstić information content (AvgIpc) is 3.09. The van der Waals surface area contributed by atoms with Crippen LogP contribution in [0.25, 0.3) is 0 Å². The Morgan fingerprint density at radius 1 is 1.31 bits per heavy atom. The van der Waals surface area contributed by atoms with Crippen molar-refractivity contribution in [3.63, 3.8) is 0 Å². The maximum Gasteiger partial charge on any atom is 0.276 e. The van der Waals surface area contributed by atoms with Gasteiger partial charge in [0.2, 0.25) is 5.88 Å². The largest absolute Gasteiger partial charge is 0.476 e. The standard InChI is InChI=1S/C18H23N5O3/c1-2-8-19-9-10-26-15-7-6-12(11-20-15)21-18(25)17-16-13(22-23-17)4-3-5-14(16)24/h6-7,11,19H,2-5,8-10H2,1H3,(H,21,25)(H,22,23). The van der Waals surface area contributed by atoms with Gasteiger partial charge in [-0.1, -0.05) is 6.92 Å². The third-order valence-corrected chi connectivity index (χ3v) is 4.12. The second-order valence-corrected chi connectivity index (χ2v) is 6.14. The van der Waals surface area contributed by atoms with Crippen molar-refractivity contribution >= 4 is 17.4 Å². The molecule has 8 heteroatoms. The Bertz CT molecular complexity index is 770. The summed E-state index contributed by atoms with van der Waals surface area (Å²) in [6, 6.07) is 3.40. The summed E-state index contributed by atoms with van der Waals surface area (Å²) >= 11 is 0. The number of ether oxygens (including phenoxy) is 1. The number of hydrogen-bond acceptors (Lipinski definition) is 6. The lowest BCUT2D eigenvalue weighted by atomic mass is 9.94. The van der Waals surface area contributed by atoms with Crippen molar-refractivity contribution in [2.45, 2.75) is 32.6 Å². The smallest absolute Gasteiger partial charge is 0.276 e. The van der Waals surface area contributed by atoms with Crippen LogP contribution < -0.4 is 15.4 Å². The maximum atomic E-state index is 12.4. The number of rotatable bonds is 8. The van der Waals surface area contributed by atoms with Gasteiger partial charge in [-0.05, 0) is 31.9 Å². The van der Waals surface area contributed by atoms with Gasteiger partial charge in [0.1, 0.15) is 6.61 Å². The van der Waals surface area contributed by atoms with Gasteiger partial charge in [0.15, 0.2) is 11.5 Å². The summed E-state index contributed by atoms with van der Waals surface area (Å²) in [5.41, 5.74) is 1.82. The molecule has 138 valence electrons. The maximum absolute atomic E-state index is 12.4. The zero-order valence-electron chi connectivity index (χ0n) is 14.8. The number of carbonyl (C=O) groups is 2. The normalized spacial score (nSPS) is 13.3. The van der Waals surface area contributed by atoms with E-state index >= 15 is 0 Å². The average molecular weight is 357 g/mol. The van der Waals surface area contributed by atoms with Crippen molar-refractivity contribution in [3.8, 4) is 5.88 Å². The fourth-order valence-corrected chi connectivity index (χ4v) is 2.83. The number of fused-ring (bicyclic) bond motifs is 1.